The Morgan fingerprint density at radius 2 is 1.67 bits per heavy atom. The monoisotopic (exact) mass is 323 g/mol. The lowest BCUT2D eigenvalue weighted by molar-refractivity contribution is -0.116. The van der Waals surface area contributed by atoms with Crippen LogP contribution in [0.15, 0.2) is 42.5 Å². The zero-order valence-corrected chi connectivity index (χ0v) is 14.7. The van der Waals surface area contributed by atoms with E-state index in [9.17, 15) is 9.59 Å². The molecule has 0 saturated heterocycles. The van der Waals surface area contributed by atoms with Gasteiger partial charge in [-0.05, 0) is 43.0 Å². The summed E-state index contributed by atoms with van der Waals surface area (Å²) < 4.78 is 0. The standard InChI is InChI=1S/C21H25NO2/c1-4-5-17-8-10-18(11-9-17)20(23)12-13-21(24)22-19-14-15(2)6-7-16(19)3/h6-11,14H,4-5,12-13H2,1-3H3,(H,22,24). The Hall–Kier alpha value is -2.42. The van der Waals surface area contributed by atoms with Crippen LogP contribution >= 0.6 is 0 Å². The van der Waals surface area contributed by atoms with Crippen LogP contribution in [0.4, 0.5) is 5.69 Å². The first kappa shape index (κ1) is 17.9. The molecule has 0 heterocycles. The molecule has 1 N–H and O–H groups in total. The van der Waals surface area contributed by atoms with E-state index in [-0.39, 0.29) is 24.5 Å². The SMILES string of the molecule is CCCc1ccc(C(=O)CCC(=O)Nc2cc(C)ccc2C)cc1. The van der Waals surface area contributed by atoms with Crippen LogP contribution in [0.5, 0.6) is 0 Å². The number of ketones is 1. The third-order valence-electron chi connectivity index (χ3n) is 4.06. The predicted molar refractivity (Wildman–Crippen MR) is 98.5 cm³/mol. The molecule has 0 aromatic heterocycles. The van der Waals surface area contributed by atoms with Gasteiger partial charge in [0.1, 0.15) is 0 Å². The Balaban J connectivity index is 1.88. The van der Waals surface area contributed by atoms with E-state index in [1.807, 2.05) is 56.3 Å². The number of Topliss-reactive ketones (excluding diaryl/α,β-unsaturated/α-hetero) is 1. The molecule has 0 saturated carbocycles. The fraction of sp³-hybridized carbons (Fsp3) is 0.333. The van der Waals surface area contributed by atoms with Crippen molar-refractivity contribution in [2.75, 3.05) is 5.32 Å². The van der Waals surface area contributed by atoms with Crippen LogP contribution in [0.25, 0.3) is 0 Å². The van der Waals surface area contributed by atoms with Crippen LogP contribution in [0, 0.1) is 13.8 Å². The van der Waals surface area contributed by atoms with Crippen molar-refractivity contribution in [3.05, 3.63) is 64.7 Å². The molecule has 0 aliphatic heterocycles. The molecule has 1 amide bonds. The van der Waals surface area contributed by atoms with Gasteiger partial charge >= 0.3 is 0 Å². The van der Waals surface area contributed by atoms with Crippen molar-refractivity contribution in [3.63, 3.8) is 0 Å². The van der Waals surface area contributed by atoms with E-state index >= 15 is 0 Å². The second-order valence-electron chi connectivity index (χ2n) is 6.24. The normalized spacial score (nSPS) is 10.5. The van der Waals surface area contributed by atoms with Crippen molar-refractivity contribution in [3.8, 4) is 0 Å². The quantitative estimate of drug-likeness (QED) is 0.740. The molecule has 2 rings (SSSR count). The fourth-order valence-electron chi connectivity index (χ4n) is 2.60. The Morgan fingerprint density at radius 1 is 0.958 bits per heavy atom. The molecule has 0 unspecified atom stereocenters. The second kappa shape index (κ2) is 8.44. The first-order valence-corrected chi connectivity index (χ1v) is 8.49. The number of carbonyl (C=O) groups is 2. The minimum atomic E-state index is -0.125. The molecule has 3 nitrogen and oxygen atoms in total. The maximum Gasteiger partial charge on any atom is 0.224 e. The van der Waals surface area contributed by atoms with Crippen LogP contribution < -0.4 is 5.32 Å². The molecule has 24 heavy (non-hydrogen) atoms. The molecule has 0 spiro atoms. The number of hydrogen-bond acceptors (Lipinski definition) is 2. The van der Waals surface area contributed by atoms with Crippen LogP contribution in [0.2, 0.25) is 0 Å². The van der Waals surface area contributed by atoms with Gasteiger partial charge < -0.3 is 5.32 Å². The second-order valence-corrected chi connectivity index (χ2v) is 6.24. The maximum absolute atomic E-state index is 12.2. The summed E-state index contributed by atoms with van der Waals surface area (Å²) >= 11 is 0. The lowest BCUT2D eigenvalue weighted by atomic mass is 10.0. The number of hydrogen-bond donors (Lipinski definition) is 1. The number of amides is 1. The lowest BCUT2D eigenvalue weighted by Crippen LogP contribution is -2.14. The zero-order valence-electron chi connectivity index (χ0n) is 14.7. The van der Waals surface area contributed by atoms with E-state index in [4.69, 9.17) is 0 Å². The van der Waals surface area contributed by atoms with E-state index in [0.717, 1.165) is 29.7 Å². The van der Waals surface area contributed by atoms with Gasteiger partial charge in [-0.2, -0.15) is 0 Å². The number of benzene rings is 2. The maximum atomic E-state index is 12.2. The van der Waals surface area contributed by atoms with E-state index < -0.39 is 0 Å². The highest BCUT2D eigenvalue weighted by Gasteiger charge is 2.10. The number of aryl methyl sites for hydroxylation is 3. The first-order valence-electron chi connectivity index (χ1n) is 8.49. The van der Waals surface area contributed by atoms with Crippen molar-refractivity contribution in [2.45, 2.75) is 46.5 Å². The van der Waals surface area contributed by atoms with Crippen molar-refractivity contribution in [2.24, 2.45) is 0 Å². The van der Waals surface area contributed by atoms with Crippen molar-refractivity contribution >= 4 is 17.4 Å². The fourth-order valence-corrected chi connectivity index (χ4v) is 2.60. The predicted octanol–water partition coefficient (Wildman–Crippen LogP) is 4.86. The summed E-state index contributed by atoms with van der Waals surface area (Å²) in [7, 11) is 0. The van der Waals surface area contributed by atoms with E-state index in [2.05, 4.69) is 12.2 Å². The highest BCUT2D eigenvalue weighted by atomic mass is 16.2. The molecule has 0 aliphatic carbocycles. The minimum Gasteiger partial charge on any atom is -0.326 e. The average molecular weight is 323 g/mol. The largest absolute Gasteiger partial charge is 0.326 e. The Kier molecular flexibility index (Phi) is 6.30. The molecule has 3 heteroatoms. The van der Waals surface area contributed by atoms with Crippen molar-refractivity contribution in [1.29, 1.82) is 0 Å². The van der Waals surface area contributed by atoms with Crippen LogP contribution in [-0.4, -0.2) is 11.7 Å². The highest BCUT2D eigenvalue weighted by Crippen LogP contribution is 2.17. The number of rotatable bonds is 7. The Morgan fingerprint density at radius 3 is 2.33 bits per heavy atom. The molecule has 2 aromatic carbocycles. The number of carbonyl (C=O) groups excluding carboxylic acids is 2. The van der Waals surface area contributed by atoms with Gasteiger partial charge in [-0.1, -0.05) is 49.7 Å². The van der Waals surface area contributed by atoms with Crippen LogP contribution in [-0.2, 0) is 11.2 Å². The van der Waals surface area contributed by atoms with E-state index in [0.29, 0.717) is 5.56 Å². The minimum absolute atomic E-state index is 0.00848. The van der Waals surface area contributed by atoms with Gasteiger partial charge in [0.05, 0.1) is 0 Å². The van der Waals surface area contributed by atoms with Crippen LogP contribution in [0.3, 0.4) is 0 Å². The first-order chi connectivity index (χ1) is 11.5. The molecule has 2 aromatic rings. The summed E-state index contributed by atoms with van der Waals surface area (Å²) in [6, 6.07) is 13.6. The summed E-state index contributed by atoms with van der Waals surface area (Å²) in [4.78, 5) is 24.3. The van der Waals surface area contributed by atoms with Crippen LogP contribution in [0.1, 0.15) is 53.2 Å². The molecule has 0 bridgehead atoms. The highest BCUT2D eigenvalue weighted by molar-refractivity contribution is 6.00. The summed E-state index contributed by atoms with van der Waals surface area (Å²) in [5.41, 5.74) is 4.85. The van der Waals surface area contributed by atoms with Gasteiger partial charge in [-0.25, -0.2) is 0 Å². The van der Waals surface area contributed by atoms with E-state index in [1.165, 1.54) is 5.56 Å². The van der Waals surface area contributed by atoms with Gasteiger partial charge in [-0.15, -0.1) is 0 Å². The third-order valence-corrected chi connectivity index (χ3v) is 4.06. The van der Waals surface area contributed by atoms with Gasteiger partial charge in [-0.3, -0.25) is 9.59 Å². The summed E-state index contributed by atoms with van der Waals surface area (Å²) in [5, 5.41) is 2.89. The summed E-state index contributed by atoms with van der Waals surface area (Å²) in [6.07, 6.45) is 2.53. The van der Waals surface area contributed by atoms with Gasteiger partial charge in [0.25, 0.3) is 0 Å². The molecule has 0 radical (unpaired) electrons. The van der Waals surface area contributed by atoms with Gasteiger partial charge in [0.2, 0.25) is 5.91 Å². The van der Waals surface area contributed by atoms with Crippen molar-refractivity contribution < 1.29 is 9.59 Å². The molecule has 0 fully saturated rings. The molecule has 0 aliphatic rings. The number of anilines is 1. The van der Waals surface area contributed by atoms with Crippen molar-refractivity contribution in [1.82, 2.24) is 0 Å². The average Bonchev–Trinajstić information content (AvgIpc) is 2.57. The van der Waals surface area contributed by atoms with Gasteiger partial charge in [0, 0.05) is 24.1 Å². The molecular weight excluding hydrogens is 298 g/mol. The third kappa shape index (κ3) is 5.05. The Labute approximate surface area is 144 Å². The molecule has 126 valence electrons. The molecule has 0 atom stereocenters. The Bertz CT molecular complexity index is 717. The summed E-state index contributed by atoms with van der Waals surface area (Å²) in [6.45, 7) is 6.08. The van der Waals surface area contributed by atoms with E-state index in [1.54, 1.807) is 0 Å². The zero-order chi connectivity index (χ0) is 17.5. The van der Waals surface area contributed by atoms with Gasteiger partial charge in [0.15, 0.2) is 5.78 Å². The topological polar surface area (TPSA) is 46.2 Å². The smallest absolute Gasteiger partial charge is 0.224 e. The molecular formula is C21H25NO2. The summed E-state index contributed by atoms with van der Waals surface area (Å²) in [5.74, 6) is -0.117. The lowest BCUT2D eigenvalue weighted by Gasteiger charge is -2.09. The number of nitrogens with one attached hydrogen (secondary N) is 1.